The first-order valence-electron chi connectivity index (χ1n) is 6.40. The van der Waals surface area contributed by atoms with Crippen LogP contribution in [0.4, 0.5) is 4.39 Å². The average molecular weight is 308 g/mol. The molecule has 0 saturated heterocycles. The standard InChI is InChI=1S/C16H15ClFNO2/c1-19(9-11-3-2-4-14(17)6-11)10-12-5-13(16(20)21)8-15(18)7-12/h2-8H,9-10H2,1H3,(H,20,21). The summed E-state index contributed by atoms with van der Waals surface area (Å²) in [7, 11) is 1.88. The van der Waals surface area contributed by atoms with Gasteiger partial charge < -0.3 is 5.11 Å². The molecule has 0 aliphatic heterocycles. The van der Waals surface area contributed by atoms with Crippen LogP contribution in [0.2, 0.25) is 5.02 Å². The van der Waals surface area contributed by atoms with Crippen molar-refractivity contribution in [2.24, 2.45) is 0 Å². The third-order valence-corrected chi connectivity index (χ3v) is 3.23. The first kappa shape index (κ1) is 15.5. The summed E-state index contributed by atoms with van der Waals surface area (Å²) in [6.45, 7) is 1.09. The number of carboxylic acids is 1. The van der Waals surface area contributed by atoms with Crippen molar-refractivity contribution in [2.45, 2.75) is 13.1 Å². The number of carbonyl (C=O) groups is 1. The first-order chi connectivity index (χ1) is 9.94. The lowest BCUT2D eigenvalue weighted by molar-refractivity contribution is 0.0696. The van der Waals surface area contributed by atoms with E-state index in [4.69, 9.17) is 16.7 Å². The van der Waals surface area contributed by atoms with E-state index in [0.29, 0.717) is 23.7 Å². The Kier molecular flexibility index (Phi) is 4.94. The van der Waals surface area contributed by atoms with E-state index in [-0.39, 0.29) is 5.56 Å². The second-order valence-corrected chi connectivity index (χ2v) is 5.39. The minimum absolute atomic E-state index is 0.0406. The fourth-order valence-electron chi connectivity index (χ4n) is 2.18. The van der Waals surface area contributed by atoms with Crippen LogP contribution >= 0.6 is 11.6 Å². The van der Waals surface area contributed by atoms with Crippen LogP contribution < -0.4 is 0 Å². The van der Waals surface area contributed by atoms with Gasteiger partial charge in [-0.25, -0.2) is 9.18 Å². The van der Waals surface area contributed by atoms with Gasteiger partial charge in [-0.2, -0.15) is 0 Å². The topological polar surface area (TPSA) is 40.5 Å². The van der Waals surface area contributed by atoms with Gasteiger partial charge in [0.25, 0.3) is 0 Å². The van der Waals surface area contributed by atoms with Crippen LogP contribution in [0, 0.1) is 5.82 Å². The molecular weight excluding hydrogens is 293 g/mol. The molecule has 0 radical (unpaired) electrons. The molecule has 110 valence electrons. The van der Waals surface area contributed by atoms with Gasteiger partial charge in [0, 0.05) is 18.1 Å². The van der Waals surface area contributed by atoms with Crippen molar-refractivity contribution in [3.63, 3.8) is 0 Å². The number of hydrogen-bond donors (Lipinski definition) is 1. The maximum absolute atomic E-state index is 13.4. The van der Waals surface area contributed by atoms with Crippen LogP contribution in [0.1, 0.15) is 21.5 Å². The largest absolute Gasteiger partial charge is 0.478 e. The molecule has 0 aliphatic carbocycles. The lowest BCUT2D eigenvalue weighted by atomic mass is 10.1. The third-order valence-electron chi connectivity index (χ3n) is 3.00. The molecule has 5 heteroatoms. The van der Waals surface area contributed by atoms with E-state index in [2.05, 4.69) is 0 Å². The molecule has 0 unspecified atom stereocenters. The highest BCUT2D eigenvalue weighted by molar-refractivity contribution is 6.30. The number of halogens is 2. The third kappa shape index (κ3) is 4.55. The van der Waals surface area contributed by atoms with E-state index in [0.717, 1.165) is 11.6 Å². The highest BCUT2D eigenvalue weighted by atomic mass is 35.5. The number of rotatable bonds is 5. The minimum Gasteiger partial charge on any atom is -0.478 e. The predicted molar refractivity (Wildman–Crippen MR) is 80.0 cm³/mol. The van der Waals surface area contributed by atoms with Crippen molar-refractivity contribution in [3.05, 3.63) is 70.0 Å². The first-order valence-corrected chi connectivity index (χ1v) is 6.77. The van der Waals surface area contributed by atoms with Gasteiger partial charge in [-0.3, -0.25) is 4.90 Å². The van der Waals surface area contributed by atoms with Crippen LogP contribution in [-0.2, 0) is 13.1 Å². The molecule has 0 spiro atoms. The summed E-state index contributed by atoms with van der Waals surface area (Å²) in [4.78, 5) is 12.9. The fourth-order valence-corrected chi connectivity index (χ4v) is 2.39. The molecule has 0 heterocycles. The molecule has 0 bridgehead atoms. The number of aromatic carboxylic acids is 1. The van der Waals surface area contributed by atoms with Crippen molar-refractivity contribution >= 4 is 17.6 Å². The van der Waals surface area contributed by atoms with Crippen LogP contribution in [0.25, 0.3) is 0 Å². The normalized spacial score (nSPS) is 10.9. The Morgan fingerprint density at radius 3 is 2.57 bits per heavy atom. The van der Waals surface area contributed by atoms with Gasteiger partial charge in [-0.15, -0.1) is 0 Å². The van der Waals surface area contributed by atoms with Crippen LogP contribution in [-0.4, -0.2) is 23.0 Å². The zero-order valence-electron chi connectivity index (χ0n) is 11.5. The van der Waals surface area contributed by atoms with Gasteiger partial charge in [0.05, 0.1) is 5.56 Å². The van der Waals surface area contributed by atoms with E-state index < -0.39 is 11.8 Å². The molecule has 21 heavy (non-hydrogen) atoms. The predicted octanol–water partition coefficient (Wildman–Crippen LogP) is 3.81. The van der Waals surface area contributed by atoms with Crippen LogP contribution in [0.5, 0.6) is 0 Å². The van der Waals surface area contributed by atoms with Crippen molar-refractivity contribution in [1.29, 1.82) is 0 Å². The number of benzene rings is 2. The van der Waals surface area contributed by atoms with Gasteiger partial charge >= 0.3 is 5.97 Å². The minimum atomic E-state index is -1.13. The molecule has 3 nitrogen and oxygen atoms in total. The van der Waals surface area contributed by atoms with Crippen molar-refractivity contribution in [1.82, 2.24) is 4.90 Å². The van der Waals surface area contributed by atoms with Crippen molar-refractivity contribution in [2.75, 3.05) is 7.05 Å². The van der Waals surface area contributed by atoms with Gasteiger partial charge in [0.1, 0.15) is 5.82 Å². The van der Waals surface area contributed by atoms with E-state index in [1.807, 2.05) is 30.1 Å². The second kappa shape index (κ2) is 6.70. The molecule has 0 amide bonds. The SMILES string of the molecule is CN(Cc1cccc(Cl)c1)Cc1cc(F)cc(C(=O)O)c1. The molecule has 2 aromatic carbocycles. The van der Waals surface area contributed by atoms with Gasteiger partial charge in [-0.05, 0) is 48.5 Å². The van der Waals surface area contributed by atoms with Crippen LogP contribution in [0.15, 0.2) is 42.5 Å². The highest BCUT2D eigenvalue weighted by Gasteiger charge is 2.09. The molecule has 2 rings (SSSR count). The number of carboxylic acid groups (broad SMARTS) is 1. The summed E-state index contributed by atoms with van der Waals surface area (Å²) in [5, 5.41) is 9.61. The Morgan fingerprint density at radius 2 is 1.90 bits per heavy atom. The molecule has 0 atom stereocenters. The number of hydrogen-bond acceptors (Lipinski definition) is 2. The molecule has 0 fully saturated rings. The Morgan fingerprint density at radius 1 is 1.19 bits per heavy atom. The van der Waals surface area contributed by atoms with E-state index >= 15 is 0 Å². The zero-order valence-corrected chi connectivity index (χ0v) is 12.3. The van der Waals surface area contributed by atoms with Crippen LogP contribution in [0.3, 0.4) is 0 Å². The Labute approximate surface area is 127 Å². The smallest absolute Gasteiger partial charge is 0.335 e. The second-order valence-electron chi connectivity index (χ2n) is 4.96. The summed E-state index contributed by atoms with van der Waals surface area (Å²) in [5.41, 5.74) is 1.62. The molecular formula is C16H15ClFNO2. The van der Waals surface area contributed by atoms with E-state index in [9.17, 15) is 9.18 Å². The Balaban J connectivity index is 2.09. The van der Waals surface area contributed by atoms with Crippen molar-refractivity contribution in [3.8, 4) is 0 Å². The Hall–Kier alpha value is -1.91. The lowest BCUT2D eigenvalue weighted by Gasteiger charge is -2.17. The lowest BCUT2D eigenvalue weighted by Crippen LogP contribution is -2.17. The van der Waals surface area contributed by atoms with Gasteiger partial charge in [0.15, 0.2) is 0 Å². The highest BCUT2D eigenvalue weighted by Crippen LogP contribution is 2.15. The van der Waals surface area contributed by atoms with E-state index in [1.54, 1.807) is 6.07 Å². The van der Waals surface area contributed by atoms with Crippen molar-refractivity contribution < 1.29 is 14.3 Å². The average Bonchev–Trinajstić information content (AvgIpc) is 2.37. The monoisotopic (exact) mass is 307 g/mol. The fraction of sp³-hybridized carbons (Fsp3) is 0.188. The Bertz CT molecular complexity index is 660. The molecule has 2 aromatic rings. The quantitative estimate of drug-likeness (QED) is 0.913. The molecule has 0 aliphatic rings. The maximum Gasteiger partial charge on any atom is 0.335 e. The van der Waals surface area contributed by atoms with E-state index in [1.165, 1.54) is 12.1 Å². The molecule has 0 saturated carbocycles. The summed E-state index contributed by atoms with van der Waals surface area (Å²) < 4.78 is 13.4. The summed E-state index contributed by atoms with van der Waals surface area (Å²) in [5.74, 6) is -1.67. The number of nitrogens with zero attached hydrogens (tertiary/aromatic N) is 1. The zero-order chi connectivity index (χ0) is 15.4. The summed E-state index contributed by atoms with van der Waals surface area (Å²) in [6.07, 6.45) is 0. The maximum atomic E-state index is 13.4. The summed E-state index contributed by atoms with van der Waals surface area (Å²) >= 11 is 5.93. The summed E-state index contributed by atoms with van der Waals surface area (Å²) in [6, 6.07) is 11.3. The molecule has 1 N–H and O–H groups in total. The van der Waals surface area contributed by atoms with Gasteiger partial charge in [-0.1, -0.05) is 23.7 Å². The molecule has 0 aromatic heterocycles. The van der Waals surface area contributed by atoms with Gasteiger partial charge in [0.2, 0.25) is 0 Å².